The Morgan fingerprint density at radius 2 is 1.80 bits per heavy atom. The minimum absolute atomic E-state index is 0.795. The van der Waals surface area contributed by atoms with Crippen LogP contribution in [-0.4, -0.2) is 9.97 Å². The molecule has 0 saturated carbocycles. The molecule has 0 saturated heterocycles. The summed E-state index contributed by atoms with van der Waals surface area (Å²) in [6.45, 7) is 2.09. The molecule has 0 spiro atoms. The summed E-state index contributed by atoms with van der Waals surface area (Å²) in [5, 5.41) is 0.795. The third kappa shape index (κ3) is 3.25. The SMILES string of the molecule is Cc1cccc(SSc2ncccn2)c1. The average Bonchev–Trinajstić information content (AvgIpc) is 2.28. The molecule has 2 rings (SSSR count). The molecule has 0 unspecified atom stereocenters. The smallest absolute Gasteiger partial charge is 0.198 e. The van der Waals surface area contributed by atoms with E-state index in [-0.39, 0.29) is 0 Å². The highest BCUT2D eigenvalue weighted by atomic mass is 33.1. The second-order valence-electron chi connectivity index (χ2n) is 3.01. The number of rotatable bonds is 3. The quantitative estimate of drug-likeness (QED) is 0.599. The third-order valence-electron chi connectivity index (χ3n) is 1.74. The van der Waals surface area contributed by atoms with Crippen LogP contribution in [-0.2, 0) is 0 Å². The number of aryl methyl sites for hydroxylation is 1. The lowest BCUT2D eigenvalue weighted by Gasteiger charge is -2.00. The number of aromatic nitrogens is 2. The van der Waals surface area contributed by atoms with Crippen LogP contribution in [0.15, 0.2) is 52.8 Å². The molecule has 2 aromatic rings. The summed E-state index contributed by atoms with van der Waals surface area (Å²) in [5.74, 6) is 0. The first-order valence-corrected chi connectivity index (χ1v) is 6.68. The molecular formula is C11H10N2S2. The normalized spacial score (nSPS) is 10.2. The van der Waals surface area contributed by atoms with Crippen molar-refractivity contribution in [3.05, 3.63) is 48.3 Å². The molecule has 0 aliphatic carbocycles. The van der Waals surface area contributed by atoms with Crippen LogP contribution >= 0.6 is 21.6 Å². The lowest BCUT2D eigenvalue weighted by atomic mass is 10.2. The van der Waals surface area contributed by atoms with Crippen LogP contribution < -0.4 is 0 Å². The predicted molar refractivity (Wildman–Crippen MR) is 64.9 cm³/mol. The summed E-state index contributed by atoms with van der Waals surface area (Å²) < 4.78 is 0. The second-order valence-corrected chi connectivity index (χ2v) is 5.18. The first-order valence-electron chi connectivity index (χ1n) is 4.53. The molecule has 0 N–H and O–H groups in total. The summed E-state index contributed by atoms with van der Waals surface area (Å²) in [6, 6.07) is 10.2. The topological polar surface area (TPSA) is 25.8 Å². The summed E-state index contributed by atoms with van der Waals surface area (Å²) in [4.78, 5) is 9.52. The van der Waals surface area contributed by atoms with Crippen molar-refractivity contribution in [2.24, 2.45) is 0 Å². The molecule has 2 nitrogen and oxygen atoms in total. The van der Waals surface area contributed by atoms with Crippen molar-refractivity contribution in [2.45, 2.75) is 17.0 Å². The van der Waals surface area contributed by atoms with Gasteiger partial charge in [-0.25, -0.2) is 9.97 Å². The Hall–Kier alpha value is -1.00. The minimum atomic E-state index is 0.795. The summed E-state index contributed by atoms with van der Waals surface area (Å²) in [6.07, 6.45) is 3.51. The molecule has 0 aliphatic heterocycles. The van der Waals surface area contributed by atoms with Crippen LogP contribution in [0.5, 0.6) is 0 Å². The van der Waals surface area contributed by atoms with Crippen molar-refractivity contribution in [3.63, 3.8) is 0 Å². The fraction of sp³-hybridized carbons (Fsp3) is 0.0909. The molecule has 0 bridgehead atoms. The average molecular weight is 234 g/mol. The van der Waals surface area contributed by atoms with Gasteiger partial charge in [0.25, 0.3) is 0 Å². The van der Waals surface area contributed by atoms with E-state index in [0.717, 1.165) is 5.16 Å². The predicted octanol–water partition coefficient (Wildman–Crippen LogP) is 3.58. The van der Waals surface area contributed by atoms with Gasteiger partial charge in [0.1, 0.15) is 0 Å². The molecule has 0 atom stereocenters. The van der Waals surface area contributed by atoms with Crippen molar-refractivity contribution in [3.8, 4) is 0 Å². The highest BCUT2D eigenvalue weighted by Gasteiger charge is 1.98. The van der Waals surface area contributed by atoms with Gasteiger partial charge in [0.2, 0.25) is 0 Å². The van der Waals surface area contributed by atoms with Gasteiger partial charge in [-0.1, -0.05) is 12.1 Å². The maximum atomic E-state index is 4.15. The fourth-order valence-corrected chi connectivity index (χ4v) is 2.91. The second kappa shape index (κ2) is 5.19. The number of hydrogen-bond acceptors (Lipinski definition) is 4. The van der Waals surface area contributed by atoms with Crippen LogP contribution in [0.4, 0.5) is 0 Å². The molecule has 4 heteroatoms. The molecule has 1 heterocycles. The molecule has 0 radical (unpaired) electrons. The van der Waals surface area contributed by atoms with E-state index in [1.165, 1.54) is 10.5 Å². The van der Waals surface area contributed by atoms with Gasteiger partial charge >= 0.3 is 0 Å². The Morgan fingerprint density at radius 1 is 1.00 bits per heavy atom. The van der Waals surface area contributed by atoms with Crippen LogP contribution in [0, 0.1) is 6.92 Å². The van der Waals surface area contributed by atoms with E-state index in [1.54, 1.807) is 34.0 Å². The van der Waals surface area contributed by atoms with Gasteiger partial charge in [0.15, 0.2) is 5.16 Å². The Bertz CT molecular complexity index is 432. The van der Waals surface area contributed by atoms with E-state index in [1.807, 2.05) is 6.07 Å². The highest BCUT2D eigenvalue weighted by molar-refractivity contribution is 8.76. The molecule has 0 aliphatic rings. The zero-order valence-electron chi connectivity index (χ0n) is 8.25. The van der Waals surface area contributed by atoms with E-state index in [4.69, 9.17) is 0 Å². The van der Waals surface area contributed by atoms with E-state index in [2.05, 4.69) is 41.2 Å². The molecular weight excluding hydrogens is 224 g/mol. The zero-order valence-corrected chi connectivity index (χ0v) is 9.89. The van der Waals surface area contributed by atoms with Crippen molar-refractivity contribution in [1.82, 2.24) is 9.97 Å². The number of benzene rings is 1. The lowest BCUT2D eigenvalue weighted by Crippen LogP contribution is -1.80. The summed E-state index contributed by atoms with van der Waals surface area (Å²) in [7, 11) is 3.26. The standard InChI is InChI=1S/C11H10N2S2/c1-9-4-2-5-10(8-9)14-15-11-12-6-3-7-13-11/h2-8H,1H3. The zero-order chi connectivity index (χ0) is 10.5. The van der Waals surface area contributed by atoms with Crippen molar-refractivity contribution < 1.29 is 0 Å². The van der Waals surface area contributed by atoms with Crippen LogP contribution in [0.1, 0.15) is 5.56 Å². The van der Waals surface area contributed by atoms with Gasteiger partial charge in [0, 0.05) is 17.3 Å². The maximum absolute atomic E-state index is 4.15. The monoisotopic (exact) mass is 234 g/mol. The minimum Gasteiger partial charge on any atom is -0.230 e. The first kappa shape index (κ1) is 10.5. The Morgan fingerprint density at radius 3 is 2.53 bits per heavy atom. The molecule has 76 valence electrons. The molecule has 1 aromatic carbocycles. The molecule has 1 aromatic heterocycles. The third-order valence-corrected chi connectivity index (χ3v) is 3.91. The van der Waals surface area contributed by atoms with Crippen LogP contribution in [0.25, 0.3) is 0 Å². The number of nitrogens with zero attached hydrogens (tertiary/aromatic N) is 2. The van der Waals surface area contributed by atoms with E-state index >= 15 is 0 Å². The van der Waals surface area contributed by atoms with Crippen LogP contribution in [0.3, 0.4) is 0 Å². The lowest BCUT2D eigenvalue weighted by molar-refractivity contribution is 0.973. The Kier molecular flexibility index (Phi) is 3.64. The van der Waals surface area contributed by atoms with E-state index < -0.39 is 0 Å². The van der Waals surface area contributed by atoms with Gasteiger partial charge < -0.3 is 0 Å². The molecule has 0 amide bonds. The van der Waals surface area contributed by atoms with Gasteiger partial charge in [-0.05, 0) is 52.3 Å². The Labute approximate surface area is 96.9 Å². The van der Waals surface area contributed by atoms with Gasteiger partial charge in [-0.15, -0.1) is 0 Å². The summed E-state index contributed by atoms with van der Waals surface area (Å²) in [5.41, 5.74) is 1.27. The Balaban J connectivity index is 1.99. The van der Waals surface area contributed by atoms with Crippen LogP contribution in [0.2, 0.25) is 0 Å². The van der Waals surface area contributed by atoms with Crippen molar-refractivity contribution in [1.29, 1.82) is 0 Å². The highest BCUT2D eigenvalue weighted by Crippen LogP contribution is 2.35. The van der Waals surface area contributed by atoms with Crippen molar-refractivity contribution in [2.75, 3.05) is 0 Å². The van der Waals surface area contributed by atoms with E-state index in [9.17, 15) is 0 Å². The van der Waals surface area contributed by atoms with Crippen molar-refractivity contribution >= 4 is 21.6 Å². The van der Waals surface area contributed by atoms with E-state index in [0.29, 0.717) is 0 Å². The summed E-state index contributed by atoms with van der Waals surface area (Å²) >= 11 is 0. The largest absolute Gasteiger partial charge is 0.230 e. The first-order chi connectivity index (χ1) is 7.34. The molecule has 0 fully saturated rings. The van der Waals surface area contributed by atoms with Gasteiger partial charge in [-0.3, -0.25) is 0 Å². The number of hydrogen-bond donors (Lipinski definition) is 0. The maximum Gasteiger partial charge on any atom is 0.198 e. The fourth-order valence-electron chi connectivity index (χ4n) is 1.08. The molecule has 15 heavy (non-hydrogen) atoms. The van der Waals surface area contributed by atoms with Gasteiger partial charge in [-0.2, -0.15) is 0 Å². The van der Waals surface area contributed by atoms with Gasteiger partial charge in [0.05, 0.1) is 0 Å².